The molecule has 0 fully saturated rings. The average Bonchev–Trinajstić information content (AvgIpc) is 2.37. The number of rotatable bonds is 3. The predicted molar refractivity (Wildman–Crippen MR) is 72.4 cm³/mol. The monoisotopic (exact) mass is 279 g/mol. The predicted octanol–water partition coefficient (Wildman–Crippen LogP) is 2.64. The van der Waals surface area contributed by atoms with Gasteiger partial charge in [-0.15, -0.1) is 0 Å². The standard InChI is InChI=1S/C13H11ClFN3O/c14-10-2-1-3-11(15)13(10)18-12(19)6-9-5-4-8(16)7-17-9/h1-5,7H,6,16H2,(H,18,19). The third kappa shape index (κ3) is 3.42. The second-order valence-electron chi connectivity index (χ2n) is 3.90. The highest BCUT2D eigenvalue weighted by molar-refractivity contribution is 6.33. The molecule has 6 heteroatoms. The Hall–Kier alpha value is -2.14. The largest absolute Gasteiger partial charge is 0.397 e. The number of nitrogens with one attached hydrogen (secondary N) is 1. The van der Waals surface area contributed by atoms with Crippen LogP contribution in [-0.2, 0) is 11.2 Å². The van der Waals surface area contributed by atoms with E-state index in [0.717, 1.165) is 0 Å². The van der Waals surface area contributed by atoms with E-state index in [0.29, 0.717) is 11.4 Å². The van der Waals surface area contributed by atoms with Gasteiger partial charge in [-0.3, -0.25) is 9.78 Å². The number of hydrogen-bond donors (Lipinski definition) is 2. The molecule has 0 aliphatic rings. The van der Waals surface area contributed by atoms with Crippen molar-refractivity contribution in [2.24, 2.45) is 0 Å². The minimum atomic E-state index is -0.578. The molecule has 0 saturated heterocycles. The number of aromatic nitrogens is 1. The van der Waals surface area contributed by atoms with Crippen LogP contribution in [0.3, 0.4) is 0 Å². The molecule has 1 aromatic heterocycles. The summed E-state index contributed by atoms with van der Waals surface area (Å²) in [6.07, 6.45) is 1.48. The molecule has 98 valence electrons. The van der Waals surface area contributed by atoms with Gasteiger partial charge >= 0.3 is 0 Å². The van der Waals surface area contributed by atoms with Crippen LogP contribution in [-0.4, -0.2) is 10.9 Å². The minimum Gasteiger partial charge on any atom is -0.397 e. The number of hydrogen-bond acceptors (Lipinski definition) is 3. The molecule has 1 heterocycles. The molecule has 19 heavy (non-hydrogen) atoms. The summed E-state index contributed by atoms with van der Waals surface area (Å²) in [5, 5.41) is 2.58. The lowest BCUT2D eigenvalue weighted by molar-refractivity contribution is -0.115. The highest BCUT2D eigenvalue weighted by Crippen LogP contribution is 2.24. The number of benzene rings is 1. The molecule has 0 radical (unpaired) electrons. The van der Waals surface area contributed by atoms with Crippen molar-refractivity contribution < 1.29 is 9.18 Å². The van der Waals surface area contributed by atoms with E-state index >= 15 is 0 Å². The minimum absolute atomic E-state index is 0.0188. The molecule has 0 saturated carbocycles. The Morgan fingerprint density at radius 3 is 2.79 bits per heavy atom. The maximum atomic E-state index is 13.5. The van der Waals surface area contributed by atoms with Crippen molar-refractivity contribution in [2.75, 3.05) is 11.1 Å². The van der Waals surface area contributed by atoms with E-state index in [1.165, 1.54) is 24.4 Å². The first-order valence-electron chi connectivity index (χ1n) is 5.50. The summed E-state index contributed by atoms with van der Waals surface area (Å²) in [6.45, 7) is 0. The summed E-state index contributed by atoms with van der Waals surface area (Å²) >= 11 is 5.81. The SMILES string of the molecule is Nc1ccc(CC(=O)Nc2c(F)cccc2Cl)nc1. The smallest absolute Gasteiger partial charge is 0.230 e. The topological polar surface area (TPSA) is 68.0 Å². The summed E-state index contributed by atoms with van der Waals surface area (Å²) in [6, 6.07) is 7.48. The van der Waals surface area contributed by atoms with Crippen LogP contribution in [0.1, 0.15) is 5.69 Å². The number of nitrogens with two attached hydrogens (primary N) is 1. The van der Waals surface area contributed by atoms with Crippen molar-refractivity contribution in [3.63, 3.8) is 0 Å². The second-order valence-corrected chi connectivity index (χ2v) is 4.31. The molecule has 3 N–H and O–H groups in total. The highest BCUT2D eigenvalue weighted by Gasteiger charge is 2.11. The average molecular weight is 280 g/mol. The number of amides is 1. The Morgan fingerprint density at radius 2 is 2.16 bits per heavy atom. The number of carbonyl (C=O) groups is 1. The van der Waals surface area contributed by atoms with E-state index in [2.05, 4.69) is 10.3 Å². The van der Waals surface area contributed by atoms with E-state index in [1.54, 1.807) is 12.1 Å². The van der Waals surface area contributed by atoms with Gasteiger partial charge in [-0.25, -0.2) is 4.39 Å². The number of para-hydroxylation sites is 1. The molecule has 0 atom stereocenters. The first kappa shape index (κ1) is 13.3. The molecule has 2 aromatic rings. The van der Waals surface area contributed by atoms with Crippen LogP contribution in [0.25, 0.3) is 0 Å². The Labute approximate surface area is 114 Å². The fourth-order valence-corrected chi connectivity index (χ4v) is 1.72. The Balaban J connectivity index is 2.07. The number of nitrogens with zero attached hydrogens (tertiary/aromatic N) is 1. The van der Waals surface area contributed by atoms with Crippen molar-refractivity contribution in [2.45, 2.75) is 6.42 Å². The fraction of sp³-hybridized carbons (Fsp3) is 0.0769. The maximum Gasteiger partial charge on any atom is 0.230 e. The van der Waals surface area contributed by atoms with Crippen LogP contribution in [0.15, 0.2) is 36.5 Å². The van der Waals surface area contributed by atoms with Gasteiger partial charge in [-0.1, -0.05) is 17.7 Å². The molecular weight excluding hydrogens is 269 g/mol. The lowest BCUT2D eigenvalue weighted by Gasteiger charge is -2.08. The summed E-state index contributed by atoms with van der Waals surface area (Å²) in [7, 11) is 0. The summed E-state index contributed by atoms with van der Waals surface area (Å²) in [4.78, 5) is 15.8. The van der Waals surface area contributed by atoms with Crippen LogP contribution < -0.4 is 11.1 Å². The summed E-state index contributed by atoms with van der Waals surface area (Å²) in [5.74, 6) is -0.976. The van der Waals surface area contributed by atoms with Crippen LogP contribution in [0.5, 0.6) is 0 Å². The number of halogens is 2. The Morgan fingerprint density at radius 1 is 1.37 bits per heavy atom. The van der Waals surface area contributed by atoms with Gasteiger partial charge in [0.05, 0.1) is 29.0 Å². The highest BCUT2D eigenvalue weighted by atomic mass is 35.5. The van der Waals surface area contributed by atoms with E-state index in [-0.39, 0.29) is 17.1 Å². The lowest BCUT2D eigenvalue weighted by atomic mass is 10.2. The zero-order valence-electron chi connectivity index (χ0n) is 9.86. The maximum absolute atomic E-state index is 13.5. The third-order valence-corrected chi connectivity index (χ3v) is 2.73. The van der Waals surface area contributed by atoms with Gasteiger partial charge in [0.1, 0.15) is 5.82 Å². The second kappa shape index (κ2) is 5.67. The van der Waals surface area contributed by atoms with E-state index in [9.17, 15) is 9.18 Å². The van der Waals surface area contributed by atoms with Gasteiger partial charge in [-0.2, -0.15) is 0 Å². The van der Waals surface area contributed by atoms with Gasteiger partial charge in [0.2, 0.25) is 5.91 Å². The Bertz CT molecular complexity index is 581. The molecule has 0 aliphatic heterocycles. The van der Waals surface area contributed by atoms with Gasteiger partial charge in [0, 0.05) is 5.69 Å². The molecular formula is C13H11ClFN3O. The third-order valence-electron chi connectivity index (χ3n) is 2.42. The normalized spacial score (nSPS) is 10.2. The first-order valence-corrected chi connectivity index (χ1v) is 5.88. The van der Waals surface area contributed by atoms with Crippen molar-refractivity contribution in [1.82, 2.24) is 4.98 Å². The van der Waals surface area contributed by atoms with Gasteiger partial charge in [0.15, 0.2) is 0 Å². The van der Waals surface area contributed by atoms with E-state index in [1.807, 2.05) is 0 Å². The molecule has 0 aliphatic carbocycles. The zero-order chi connectivity index (χ0) is 13.8. The number of carbonyl (C=O) groups excluding carboxylic acids is 1. The van der Waals surface area contributed by atoms with Crippen molar-refractivity contribution >= 4 is 28.9 Å². The van der Waals surface area contributed by atoms with Crippen molar-refractivity contribution in [3.05, 3.63) is 53.1 Å². The van der Waals surface area contributed by atoms with Crippen molar-refractivity contribution in [3.8, 4) is 0 Å². The summed E-state index contributed by atoms with van der Waals surface area (Å²) in [5.41, 5.74) is 6.52. The first-order chi connectivity index (χ1) is 9.06. The molecule has 4 nitrogen and oxygen atoms in total. The zero-order valence-corrected chi connectivity index (χ0v) is 10.6. The quantitative estimate of drug-likeness (QED) is 0.907. The van der Waals surface area contributed by atoms with Crippen LogP contribution >= 0.6 is 11.6 Å². The molecule has 0 spiro atoms. The van der Waals surface area contributed by atoms with Gasteiger partial charge < -0.3 is 11.1 Å². The molecule has 2 rings (SSSR count). The van der Waals surface area contributed by atoms with Crippen LogP contribution in [0.4, 0.5) is 15.8 Å². The van der Waals surface area contributed by atoms with Gasteiger partial charge in [0.25, 0.3) is 0 Å². The van der Waals surface area contributed by atoms with E-state index < -0.39 is 11.7 Å². The van der Waals surface area contributed by atoms with Gasteiger partial charge in [-0.05, 0) is 24.3 Å². The van der Waals surface area contributed by atoms with Crippen molar-refractivity contribution in [1.29, 1.82) is 0 Å². The molecule has 1 aromatic carbocycles. The fourth-order valence-electron chi connectivity index (χ4n) is 1.51. The van der Waals surface area contributed by atoms with E-state index in [4.69, 9.17) is 17.3 Å². The molecule has 0 unspecified atom stereocenters. The van der Waals surface area contributed by atoms with Crippen LogP contribution in [0.2, 0.25) is 5.02 Å². The lowest BCUT2D eigenvalue weighted by Crippen LogP contribution is -2.16. The number of pyridine rings is 1. The molecule has 0 bridgehead atoms. The Kier molecular flexibility index (Phi) is 3.97. The number of nitrogen functional groups attached to an aromatic ring is 1. The van der Waals surface area contributed by atoms with Crippen LogP contribution in [0, 0.1) is 5.82 Å². The number of anilines is 2. The summed E-state index contributed by atoms with van der Waals surface area (Å²) < 4.78 is 13.5. The molecule has 1 amide bonds.